The average molecular weight is 274 g/mol. The van der Waals surface area contributed by atoms with Gasteiger partial charge in [0.2, 0.25) is 5.91 Å². The fourth-order valence-electron chi connectivity index (χ4n) is 1.55. The third kappa shape index (κ3) is 3.64. The third-order valence-electron chi connectivity index (χ3n) is 2.53. The van der Waals surface area contributed by atoms with Gasteiger partial charge < -0.3 is 10.1 Å². The van der Waals surface area contributed by atoms with E-state index >= 15 is 0 Å². The van der Waals surface area contributed by atoms with Crippen LogP contribution in [0.25, 0.3) is 0 Å². The van der Waals surface area contributed by atoms with Crippen LogP contribution in [0.1, 0.15) is 17.0 Å². The predicted octanol–water partition coefficient (Wildman–Crippen LogP) is 1.09. The smallest absolute Gasteiger partial charge is 0.377 e. The molecule has 7 nitrogen and oxygen atoms in total. The number of para-hydroxylation sites is 1. The van der Waals surface area contributed by atoms with Gasteiger partial charge in [0.15, 0.2) is 0 Å². The highest BCUT2D eigenvalue weighted by atomic mass is 16.5. The van der Waals surface area contributed by atoms with Crippen molar-refractivity contribution in [3.63, 3.8) is 0 Å². The number of ether oxygens (including phenoxy) is 1. The molecule has 0 aliphatic carbocycles. The summed E-state index contributed by atoms with van der Waals surface area (Å²) in [5.41, 5.74) is 0.742. The van der Waals surface area contributed by atoms with E-state index in [0.717, 1.165) is 5.69 Å². The summed E-state index contributed by atoms with van der Waals surface area (Å²) >= 11 is 0. The molecule has 0 fully saturated rings. The number of hydrogen-bond acceptors (Lipinski definition) is 5. The van der Waals surface area contributed by atoms with E-state index < -0.39 is 5.97 Å². The average Bonchev–Trinajstić information content (AvgIpc) is 2.94. The Balaban J connectivity index is 1.84. The first-order valence-corrected chi connectivity index (χ1v) is 6.01. The molecule has 1 aromatic carbocycles. The van der Waals surface area contributed by atoms with Crippen molar-refractivity contribution >= 4 is 17.6 Å². The van der Waals surface area contributed by atoms with Gasteiger partial charge in [-0.15, -0.1) is 5.10 Å². The molecule has 2 aromatic rings. The number of anilines is 1. The van der Waals surface area contributed by atoms with Crippen molar-refractivity contribution in [2.75, 3.05) is 12.4 Å². The highest BCUT2D eigenvalue weighted by Crippen LogP contribution is 2.05. The van der Waals surface area contributed by atoms with Gasteiger partial charge in [-0.05, 0) is 12.1 Å². The first kappa shape index (κ1) is 13.7. The van der Waals surface area contributed by atoms with Gasteiger partial charge in [0.1, 0.15) is 6.33 Å². The van der Waals surface area contributed by atoms with Gasteiger partial charge in [-0.1, -0.05) is 18.2 Å². The third-order valence-corrected chi connectivity index (χ3v) is 2.53. The maximum atomic E-state index is 11.7. The van der Waals surface area contributed by atoms with Crippen molar-refractivity contribution < 1.29 is 14.3 Å². The van der Waals surface area contributed by atoms with Crippen LogP contribution in [0.15, 0.2) is 36.7 Å². The molecule has 1 aromatic heterocycles. The van der Waals surface area contributed by atoms with Gasteiger partial charge in [0, 0.05) is 12.1 Å². The van der Waals surface area contributed by atoms with Crippen LogP contribution < -0.4 is 5.32 Å². The van der Waals surface area contributed by atoms with Crippen LogP contribution >= 0.6 is 0 Å². The van der Waals surface area contributed by atoms with E-state index in [0.29, 0.717) is 6.54 Å². The summed E-state index contributed by atoms with van der Waals surface area (Å²) in [6.07, 6.45) is 1.63. The number of aryl methyl sites for hydroxylation is 1. The van der Waals surface area contributed by atoms with Crippen molar-refractivity contribution in [2.45, 2.75) is 13.0 Å². The van der Waals surface area contributed by atoms with Gasteiger partial charge >= 0.3 is 5.97 Å². The quantitative estimate of drug-likeness (QED) is 0.825. The van der Waals surface area contributed by atoms with E-state index in [-0.39, 0.29) is 18.2 Å². The first-order chi connectivity index (χ1) is 9.69. The second-order valence-electron chi connectivity index (χ2n) is 3.99. The molecule has 0 spiro atoms. The molecule has 7 heteroatoms. The minimum atomic E-state index is -0.600. The zero-order chi connectivity index (χ0) is 14.4. The van der Waals surface area contributed by atoms with Gasteiger partial charge in [-0.2, -0.15) is 0 Å². The number of esters is 1. The number of rotatable bonds is 5. The van der Waals surface area contributed by atoms with Crippen LogP contribution in [0.5, 0.6) is 0 Å². The number of nitrogens with one attached hydrogen (secondary N) is 1. The van der Waals surface area contributed by atoms with Crippen molar-refractivity contribution in [1.29, 1.82) is 0 Å². The fraction of sp³-hybridized carbons (Fsp3) is 0.231. The van der Waals surface area contributed by atoms with Gasteiger partial charge in [-0.25, -0.2) is 9.78 Å². The number of nitrogens with zero attached hydrogens (tertiary/aromatic N) is 3. The predicted molar refractivity (Wildman–Crippen MR) is 71.1 cm³/mol. The van der Waals surface area contributed by atoms with Gasteiger partial charge in [-0.3, -0.25) is 9.48 Å². The molecule has 0 saturated carbocycles. The SMILES string of the molecule is COC(=O)c1ncn(CCC(=O)Nc2ccccc2)n1. The summed E-state index contributed by atoms with van der Waals surface area (Å²) in [7, 11) is 1.26. The van der Waals surface area contributed by atoms with Crippen LogP contribution in [-0.2, 0) is 16.1 Å². The molecular weight excluding hydrogens is 260 g/mol. The van der Waals surface area contributed by atoms with Crippen LogP contribution in [-0.4, -0.2) is 33.8 Å². The number of carbonyl (C=O) groups is 2. The van der Waals surface area contributed by atoms with Crippen molar-refractivity contribution in [1.82, 2.24) is 14.8 Å². The number of amides is 1. The van der Waals surface area contributed by atoms with Crippen LogP contribution in [0.4, 0.5) is 5.69 Å². The standard InChI is InChI=1S/C13H14N4O3/c1-20-13(19)12-14-9-17(16-12)8-7-11(18)15-10-5-3-2-4-6-10/h2-6,9H,7-8H2,1H3,(H,15,18). The maximum absolute atomic E-state index is 11.7. The maximum Gasteiger partial charge on any atom is 0.377 e. The van der Waals surface area contributed by atoms with Crippen molar-refractivity contribution in [3.8, 4) is 0 Å². The molecule has 0 aliphatic rings. The summed E-state index contributed by atoms with van der Waals surface area (Å²) in [5.74, 6) is -0.750. The lowest BCUT2D eigenvalue weighted by Crippen LogP contribution is -2.15. The van der Waals surface area contributed by atoms with Crippen molar-refractivity contribution in [2.24, 2.45) is 0 Å². The zero-order valence-corrected chi connectivity index (χ0v) is 10.9. The van der Waals surface area contributed by atoms with Crippen LogP contribution in [0.3, 0.4) is 0 Å². The Hall–Kier alpha value is -2.70. The van der Waals surface area contributed by atoms with Crippen molar-refractivity contribution in [3.05, 3.63) is 42.5 Å². The highest BCUT2D eigenvalue weighted by Gasteiger charge is 2.11. The normalized spacial score (nSPS) is 10.1. The van der Waals surface area contributed by atoms with E-state index in [1.807, 2.05) is 30.3 Å². The molecule has 0 aliphatic heterocycles. The largest absolute Gasteiger partial charge is 0.463 e. The second kappa shape index (κ2) is 6.46. The second-order valence-corrected chi connectivity index (χ2v) is 3.99. The summed E-state index contributed by atoms with van der Waals surface area (Å²) in [5, 5.41) is 6.67. The lowest BCUT2D eigenvalue weighted by atomic mass is 10.3. The van der Waals surface area contributed by atoms with E-state index in [2.05, 4.69) is 20.1 Å². The molecule has 0 radical (unpaired) electrons. The number of hydrogen-bond donors (Lipinski definition) is 1. The van der Waals surface area contributed by atoms with Crippen LogP contribution in [0.2, 0.25) is 0 Å². The Kier molecular flexibility index (Phi) is 4.43. The Labute approximate surface area is 115 Å². The summed E-state index contributed by atoms with van der Waals surface area (Å²) in [4.78, 5) is 26.7. The molecule has 1 amide bonds. The van der Waals surface area contributed by atoms with Gasteiger partial charge in [0.25, 0.3) is 5.82 Å². The molecule has 104 valence electrons. The topological polar surface area (TPSA) is 86.1 Å². The molecular formula is C13H14N4O3. The summed E-state index contributed by atoms with van der Waals surface area (Å²) in [6.45, 7) is 0.336. The molecule has 20 heavy (non-hydrogen) atoms. The lowest BCUT2D eigenvalue weighted by molar-refractivity contribution is -0.116. The highest BCUT2D eigenvalue weighted by molar-refractivity contribution is 5.90. The van der Waals surface area contributed by atoms with Crippen LogP contribution in [0, 0.1) is 0 Å². The minimum Gasteiger partial charge on any atom is -0.463 e. The number of carbonyl (C=O) groups excluding carboxylic acids is 2. The Morgan fingerprint density at radius 1 is 1.30 bits per heavy atom. The number of methoxy groups -OCH3 is 1. The zero-order valence-electron chi connectivity index (χ0n) is 10.9. The van der Waals surface area contributed by atoms with E-state index in [1.54, 1.807) is 0 Å². The Morgan fingerprint density at radius 2 is 2.05 bits per heavy atom. The Morgan fingerprint density at radius 3 is 2.75 bits per heavy atom. The lowest BCUT2D eigenvalue weighted by Gasteiger charge is -2.04. The number of benzene rings is 1. The van der Waals surface area contributed by atoms with Gasteiger partial charge in [0.05, 0.1) is 13.7 Å². The molecule has 0 saturated heterocycles. The monoisotopic (exact) mass is 274 g/mol. The minimum absolute atomic E-state index is 0.0176. The summed E-state index contributed by atoms with van der Waals surface area (Å²) in [6, 6.07) is 9.18. The van der Waals surface area contributed by atoms with E-state index in [1.165, 1.54) is 18.1 Å². The number of aromatic nitrogens is 3. The summed E-state index contributed by atoms with van der Waals surface area (Å²) < 4.78 is 5.93. The molecule has 1 heterocycles. The molecule has 2 rings (SSSR count). The molecule has 0 atom stereocenters. The fourth-order valence-corrected chi connectivity index (χ4v) is 1.55. The molecule has 1 N–H and O–H groups in total. The van der Waals surface area contributed by atoms with E-state index in [9.17, 15) is 9.59 Å². The Bertz CT molecular complexity index is 595. The first-order valence-electron chi connectivity index (χ1n) is 6.01. The molecule has 0 unspecified atom stereocenters. The van der Waals surface area contributed by atoms with E-state index in [4.69, 9.17) is 0 Å². The molecule has 0 bridgehead atoms.